The Morgan fingerprint density at radius 3 is 2.17 bits per heavy atom. The number of hydrogen-bond acceptors (Lipinski definition) is 3. The highest BCUT2D eigenvalue weighted by molar-refractivity contribution is 5.76. The van der Waals surface area contributed by atoms with Crippen LogP contribution in [0.3, 0.4) is 0 Å². The fraction of sp³-hybridized carbons (Fsp3) is 0.833. The SMILES string of the molecule is C[C@@](O)(CCO)C(F)(F)C(=O)O. The first-order valence-corrected chi connectivity index (χ1v) is 3.20. The zero-order chi connectivity index (χ0) is 9.99. The lowest BCUT2D eigenvalue weighted by atomic mass is 9.94. The van der Waals surface area contributed by atoms with Gasteiger partial charge in [0.25, 0.3) is 0 Å². The molecule has 0 saturated carbocycles. The maximum atomic E-state index is 12.6. The number of hydrogen-bond donors (Lipinski definition) is 3. The first kappa shape index (κ1) is 11.2. The van der Waals surface area contributed by atoms with E-state index < -0.39 is 30.5 Å². The van der Waals surface area contributed by atoms with Crippen LogP contribution in [0.1, 0.15) is 13.3 Å². The molecule has 0 aliphatic carbocycles. The second-order valence-electron chi connectivity index (χ2n) is 2.63. The van der Waals surface area contributed by atoms with E-state index >= 15 is 0 Å². The Labute approximate surface area is 67.4 Å². The van der Waals surface area contributed by atoms with Crippen LogP contribution in [0, 0.1) is 0 Å². The van der Waals surface area contributed by atoms with E-state index in [1.807, 2.05) is 0 Å². The molecule has 0 aliphatic rings. The quantitative estimate of drug-likeness (QED) is 0.567. The van der Waals surface area contributed by atoms with Gasteiger partial charge in [-0.3, -0.25) is 0 Å². The monoisotopic (exact) mass is 184 g/mol. The molecule has 0 unspecified atom stereocenters. The third-order valence-electron chi connectivity index (χ3n) is 1.54. The number of alkyl halides is 2. The van der Waals surface area contributed by atoms with Gasteiger partial charge in [-0.2, -0.15) is 8.78 Å². The lowest BCUT2D eigenvalue weighted by Crippen LogP contribution is -2.51. The summed E-state index contributed by atoms with van der Waals surface area (Å²) in [6, 6.07) is 0. The van der Waals surface area contributed by atoms with Crippen molar-refractivity contribution in [2.45, 2.75) is 24.9 Å². The average Bonchev–Trinajstić information content (AvgIpc) is 1.86. The van der Waals surface area contributed by atoms with Crippen molar-refractivity contribution in [3.8, 4) is 0 Å². The molecule has 72 valence electrons. The van der Waals surface area contributed by atoms with Crippen LogP contribution in [-0.4, -0.2) is 39.4 Å². The summed E-state index contributed by atoms with van der Waals surface area (Å²) >= 11 is 0. The number of carbonyl (C=O) groups is 1. The highest BCUT2D eigenvalue weighted by Crippen LogP contribution is 2.31. The van der Waals surface area contributed by atoms with Crippen LogP contribution in [0.2, 0.25) is 0 Å². The van der Waals surface area contributed by atoms with Crippen molar-refractivity contribution < 1.29 is 28.9 Å². The first-order valence-electron chi connectivity index (χ1n) is 3.20. The Morgan fingerprint density at radius 2 is 1.92 bits per heavy atom. The molecule has 0 aliphatic heterocycles. The van der Waals surface area contributed by atoms with Gasteiger partial charge in [0.2, 0.25) is 0 Å². The minimum Gasteiger partial charge on any atom is -0.477 e. The summed E-state index contributed by atoms with van der Waals surface area (Å²) < 4.78 is 25.1. The van der Waals surface area contributed by atoms with Crippen molar-refractivity contribution >= 4 is 5.97 Å². The van der Waals surface area contributed by atoms with Gasteiger partial charge in [-0.25, -0.2) is 4.79 Å². The van der Waals surface area contributed by atoms with Crippen LogP contribution in [0.5, 0.6) is 0 Å². The van der Waals surface area contributed by atoms with E-state index in [2.05, 4.69) is 0 Å². The van der Waals surface area contributed by atoms with Gasteiger partial charge in [0, 0.05) is 13.0 Å². The third-order valence-corrected chi connectivity index (χ3v) is 1.54. The molecular formula is C6H10F2O4. The van der Waals surface area contributed by atoms with E-state index in [0.717, 1.165) is 0 Å². The van der Waals surface area contributed by atoms with Gasteiger partial charge in [0.15, 0.2) is 0 Å². The first-order chi connectivity index (χ1) is 5.25. The molecule has 0 heterocycles. The Morgan fingerprint density at radius 1 is 1.50 bits per heavy atom. The smallest absolute Gasteiger partial charge is 0.377 e. The van der Waals surface area contributed by atoms with Gasteiger partial charge >= 0.3 is 11.9 Å². The normalized spacial score (nSPS) is 17.1. The summed E-state index contributed by atoms with van der Waals surface area (Å²) in [5.74, 6) is -6.64. The minimum absolute atomic E-state index is 0.664. The Kier molecular flexibility index (Phi) is 3.11. The Balaban J connectivity index is 4.62. The molecule has 0 aromatic rings. The van der Waals surface area contributed by atoms with Crippen molar-refractivity contribution in [2.24, 2.45) is 0 Å². The standard InChI is InChI=1S/C6H10F2O4/c1-5(12,2-3-9)6(7,8)4(10)11/h9,12H,2-3H2,1H3,(H,10,11)/t5-/m1/s1. The highest BCUT2D eigenvalue weighted by atomic mass is 19.3. The van der Waals surface area contributed by atoms with E-state index in [0.29, 0.717) is 6.92 Å². The van der Waals surface area contributed by atoms with Crippen molar-refractivity contribution in [2.75, 3.05) is 6.61 Å². The van der Waals surface area contributed by atoms with Gasteiger partial charge in [-0.05, 0) is 6.92 Å². The molecule has 4 nitrogen and oxygen atoms in total. The van der Waals surface area contributed by atoms with Crippen LogP contribution in [0.25, 0.3) is 0 Å². The van der Waals surface area contributed by atoms with Gasteiger partial charge in [0.1, 0.15) is 5.60 Å². The molecule has 12 heavy (non-hydrogen) atoms. The Hall–Kier alpha value is -0.750. The van der Waals surface area contributed by atoms with Crippen LogP contribution in [0.4, 0.5) is 8.78 Å². The second-order valence-corrected chi connectivity index (χ2v) is 2.63. The molecular weight excluding hydrogens is 174 g/mol. The molecule has 0 fully saturated rings. The fourth-order valence-corrected chi connectivity index (χ4v) is 0.605. The molecule has 0 amide bonds. The van der Waals surface area contributed by atoms with E-state index in [-0.39, 0.29) is 0 Å². The fourth-order valence-electron chi connectivity index (χ4n) is 0.605. The van der Waals surface area contributed by atoms with Crippen molar-refractivity contribution in [3.63, 3.8) is 0 Å². The zero-order valence-electron chi connectivity index (χ0n) is 6.42. The lowest BCUT2D eigenvalue weighted by Gasteiger charge is -2.28. The molecule has 1 atom stereocenters. The predicted molar refractivity (Wildman–Crippen MR) is 34.9 cm³/mol. The van der Waals surface area contributed by atoms with Crippen LogP contribution in [0.15, 0.2) is 0 Å². The molecule has 0 radical (unpaired) electrons. The number of rotatable bonds is 4. The number of aliphatic hydroxyl groups excluding tert-OH is 1. The molecule has 3 N–H and O–H groups in total. The summed E-state index contributed by atoms with van der Waals surface area (Å²) in [5.41, 5.74) is -2.71. The van der Waals surface area contributed by atoms with E-state index in [1.54, 1.807) is 0 Å². The molecule has 0 aromatic heterocycles. The van der Waals surface area contributed by atoms with Crippen molar-refractivity contribution in [3.05, 3.63) is 0 Å². The molecule has 0 saturated heterocycles. The number of aliphatic hydroxyl groups is 2. The van der Waals surface area contributed by atoms with E-state index in [9.17, 15) is 13.6 Å². The maximum Gasteiger partial charge on any atom is 0.377 e. The maximum absolute atomic E-state index is 12.6. The molecule has 0 rings (SSSR count). The van der Waals surface area contributed by atoms with E-state index in [4.69, 9.17) is 15.3 Å². The summed E-state index contributed by atoms with van der Waals surface area (Å²) in [4.78, 5) is 9.95. The summed E-state index contributed by atoms with van der Waals surface area (Å²) in [5, 5.41) is 25.2. The van der Waals surface area contributed by atoms with Gasteiger partial charge in [-0.15, -0.1) is 0 Å². The number of carboxylic acids is 1. The molecule has 6 heteroatoms. The summed E-state index contributed by atoms with van der Waals surface area (Å²) in [6.45, 7) is -0.0345. The van der Waals surface area contributed by atoms with Crippen molar-refractivity contribution in [1.82, 2.24) is 0 Å². The number of carboxylic acid groups (broad SMARTS) is 1. The van der Waals surface area contributed by atoms with Crippen LogP contribution >= 0.6 is 0 Å². The minimum atomic E-state index is -4.24. The number of aliphatic carboxylic acids is 1. The molecule has 0 spiro atoms. The largest absolute Gasteiger partial charge is 0.477 e. The van der Waals surface area contributed by atoms with Crippen LogP contribution < -0.4 is 0 Å². The van der Waals surface area contributed by atoms with E-state index in [1.165, 1.54) is 0 Å². The predicted octanol–water partition coefficient (Wildman–Crippen LogP) is -0.160. The molecule has 0 aromatic carbocycles. The lowest BCUT2D eigenvalue weighted by molar-refractivity contribution is -0.206. The average molecular weight is 184 g/mol. The van der Waals surface area contributed by atoms with Gasteiger partial charge < -0.3 is 15.3 Å². The summed E-state index contributed by atoms with van der Waals surface area (Å²) in [7, 11) is 0. The number of halogens is 2. The van der Waals surface area contributed by atoms with Crippen molar-refractivity contribution in [1.29, 1.82) is 0 Å². The molecule has 0 bridgehead atoms. The second kappa shape index (κ2) is 3.32. The summed E-state index contributed by atoms with van der Waals surface area (Å²) in [6.07, 6.45) is -0.688. The van der Waals surface area contributed by atoms with Crippen LogP contribution in [-0.2, 0) is 4.79 Å². The van der Waals surface area contributed by atoms with Gasteiger partial charge in [0.05, 0.1) is 0 Å². The Bertz CT molecular complexity index is 178. The third kappa shape index (κ3) is 1.89. The zero-order valence-corrected chi connectivity index (χ0v) is 6.42. The van der Waals surface area contributed by atoms with Gasteiger partial charge in [-0.1, -0.05) is 0 Å². The highest BCUT2D eigenvalue weighted by Gasteiger charge is 2.55. The topological polar surface area (TPSA) is 77.8 Å².